The van der Waals surface area contributed by atoms with Gasteiger partial charge in [-0.25, -0.2) is 8.42 Å². The van der Waals surface area contributed by atoms with Crippen LogP contribution >= 0.6 is 11.6 Å². The van der Waals surface area contributed by atoms with E-state index in [-0.39, 0.29) is 11.8 Å². The fourth-order valence-corrected chi connectivity index (χ4v) is 3.92. The first kappa shape index (κ1) is 16.5. The van der Waals surface area contributed by atoms with E-state index in [0.717, 1.165) is 13.0 Å². The predicted octanol–water partition coefficient (Wildman–Crippen LogP) is 3.14. The summed E-state index contributed by atoms with van der Waals surface area (Å²) >= 11 is 5.86. The Kier molecular flexibility index (Phi) is 6.30. The van der Waals surface area contributed by atoms with E-state index in [0.29, 0.717) is 15.8 Å². The molecule has 2 unspecified atom stereocenters. The quantitative estimate of drug-likeness (QED) is 0.842. The number of hydrogen-bond donors (Lipinski definition) is 1. The Bertz CT molecular complexity index is 502. The molecule has 5 heteroatoms. The lowest BCUT2D eigenvalue weighted by atomic mass is 10.0. The summed E-state index contributed by atoms with van der Waals surface area (Å²) in [5.74, 6) is 0.421. The fourth-order valence-electron chi connectivity index (χ4n) is 1.96. The zero-order valence-corrected chi connectivity index (χ0v) is 13.3. The van der Waals surface area contributed by atoms with Crippen molar-refractivity contribution in [3.05, 3.63) is 29.3 Å². The second-order valence-electron chi connectivity index (χ2n) is 4.79. The Hall–Kier alpha value is -0.580. The molecular formula is C14H22ClNO2S. The average molecular weight is 304 g/mol. The van der Waals surface area contributed by atoms with Gasteiger partial charge in [-0.3, -0.25) is 0 Å². The number of sulfone groups is 1. The lowest BCUT2D eigenvalue weighted by Gasteiger charge is -2.23. The monoisotopic (exact) mass is 303 g/mol. The van der Waals surface area contributed by atoms with Crippen LogP contribution in [0.2, 0.25) is 5.02 Å². The average Bonchev–Trinajstić information content (AvgIpc) is 2.37. The molecule has 0 aliphatic carbocycles. The third-order valence-electron chi connectivity index (χ3n) is 3.35. The smallest absolute Gasteiger partial charge is 0.179 e. The van der Waals surface area contributed by atoms with Crippen molar-refractivity contribution in [2.24, 2.45) is 5.92 Å². The maximum absolute atomic E-state index is 12.4. The van der Waals surface area contributed by atoms with E-state index in [1.807, 2.05) is 6.92 Å². The maximum Gasteiger partial charge on any atom is 0.179 e. The molecule has 1 rings (SSSR count). The van der Waals surface area contributed by atoms with Gasteiger partial charge in [0.15, 0.2) is 9.84 Å². The molecule has 0 bridgehead atoms. The highest BCUT2D eigenvalue weighted by atomic mass is 35.5. The number of hydrogen-bond acceptors (Lipinski definition) is 3. The van der Waals surface area contributed by atoms with Crippen molar-refractivity contribution in [1.82, 2.24) is 5.32 Å². The summed E-state index contributed by atoms with van der Waals surface area (Å²) in [6, 6.07) is 6.42. The van der Waals surface area contributed by atoms with E-state index >= 15 is 0 Å². The molecule has 0 saturated heterocycles. The van der Waals surface area contributed by atoms with Gasteiger partial charge in [0.1, 0.15) is 0 Å². The second-order valence-corrected chi connectivity index (χ2v) is 7.26. The van der Waals surface area contributed by atoms with Crippen LogP contribution in [0.5, 0.6) is 0 Å². The number of halogens is 1. The van der Waals surface area contributed by atoms with E-state index in [9.17, 15) is 8.42 Å². The highest BCUT2D eigenvalue weighted by Crippen LogP contribution is 2.19. The largest absolute Gasteiger partial charge is 0.313 e. The Morgan fingerprint density at radius 3 is 2.53 bits per heavy atom. The van der Waals surface area contributed by atoms with Crippen molar-refractivity contribution in [3.63, 3.8) is 0 Å². The van der Waals surface area contributed by atoms with Crippen molar-refractivity contribution < 1.29 is 8.42 Å². The zero-order valence-electron chi connectivity index (χ0n) is 11.7. The number of benzene rings is 1. The first-order valence-corrected chi connectivity index (χ1v) is 8.65. The van der Waals surface area contributed by atoms with Crippen LogP contribution in [0, 0.1) is 5.92 Å². The summed E-state index contributed by atoms with van der Waals surface area (Å²) in [6.07, 6.45) is 0.947. The minimum atomic E-state index is -3.31. The molecule has 108 valence electrons. The van der Waals surface area contributed by atoms with E-state index < -0.39 is 9.84 Å². The fraction of sp³-hybridized carbons (Fsp3) is 0.571. The summed E-state index contributed by atoms with van der Waals surface area (Å²) < 4.78 is 24.8. The minimum absolute atomic E-state index is 0.0287. The molecule has 0 aromatic heterocycles. The van der Waals surface area contributed by atoms with Gasteiger partial charge in [0.2, 0.25) is 0 Å². The van der Waals surface area contributed by atoms with Gasteiger partial charge in [0, 0.05) is 11.1 Å². The van der Waals surface area contributed by atoms with Gasteiger partial charge >= 0.3 is 0 Å². The maximum atomic E-state index is 12.4. The topological polar surface area (TPSA) is 46.2 Å². The first-order chi connectivity index (χ1) is 8.90. The van der Waals surface area contributed by atoms with Crippen LogP contribution in [0.4, 0.5) is 0 Å². The van der Waals surface area contributed by atoms with Gasteiger partial charge < -0.3 is 5.32 Å². The van der Waals surface area contributed by atoms with Gasteiger partial charge in [0.05, 0.1) is 10.6 Å². The van der Waals surface area contributed by atoms with Gasteiger partial charge in [-0.1, -0.05) is 44.9 Å². The van der Waals surface area contributed by atoms with Crippen LogP contribution in [-0.4, -0.2) is 26.8 Å². The summed E-state index contributed by atoms with van der Waals surface area (Å²) in [5.41, 5.74) is 0. The molecule has 1 aromatic carbocycles. The lowest BCUT2D eigenvalue weighted by Crippen LogP contribution is -2.40. The molecule has 0 saturated carbocycles. The summed E-state index contributed by atoms with van der Waals surface area (Å²) in [5, 5.41) is 3.71. The molecule has 0 heterocycles. The molecule has 0 spiro atoms. The second kappa shape index (κ2) is 7.27. The van der Waals surface area contributed by atoms with Crippen LogP contribution in [0.25, 0.3) is 0 Å². The van der Waals surface area contributed by atoms with Crippen molar-refractivity contribution in [2.75, 3.05) is 12.3 Å². The highest BCUT2D eigenvalue weighted by molar-refractivity contribution is 7.91. The molecule has 0 fully saturated rings. The zero-order chi connectivity index (χ0) is 14.5. The van der Waals surface area contributed by atoms with Crippen LogP contribution in [-0.2, 0) is 9.84 Å². The molecule has 0 radical (unpaired) electrons. The molecule has 0 amide bonds. The third-order valence-corrected chi connectivity index (χ3v) is 5.36. The number of rotatable bonds is 7. The van der Waals surface area contributed by atoms with Gasteiger partial charge in [-0.2, -0.15) is 0 Å². The summed E-state index contributed by atoms with van der Waals surface area (Å²) in [4.78, 5) is 0.297. The molecule has 0 aliphatic heterocycles. The Morgan fingerprint density at radius 2 is 2.00 bits per heavy atom. The van der Waals surface area contributed by atoms with Crippen molar-refractivity contribution in [3.8, 4) is 0 Å². The molecule has 2 atom stereocenters. The van der Waals surface area contributed by atoms with Crippen LogP contribution in [0.15, 0.2) is 29.2 Å². The minimum Gasteiger partial charge on any atom is -0.313 e. The molecule has 1 N–H and O–H groups in total. The SMILES string of the molecule is CCNC(CS(=O)(=O)c1cccc(Cl)c1)C(C)CC. The predicted molar refractivity (Wildman–Crippen MR) is 80.4 cm³/mol. The number of nitrogens with one attached hydrogen (secondary N) is 1. The van der Waals surface area contributed by atoms with Gasteiger partial charge in [-0.05, 0) is 30.7 Å². The highest BCUT2D eigenvalue weighted by Gasteiger charge is 2.24. The van der Waals surface area contributed by atoms with E-state index in [1.54, 1.807) is 18.2 Å². The lowest BCUT2D eigenvalue weighted by molar-refractivity contribution is 0.398. The molecule has 1 aromatic rings. The Balaban J connectivity index is 2.94. The summed E-state index contributed by atoms with van der Waals surface area (Å²) in [6.45, 7) is 6.89. The van der Waals surface area contributed by atoms with Crippen molar-refractivity contribution in [2.45, 2.75) is 38.1 Å². The molecule has 3 nitrogen and oxygen atoms in total. The summed E-state index contributed by atoms with van der Waals surface area (Å²) in [7, 11) is -3.31. The van der Waals surface area contributed by atoms with E-state index in [2.05, 4.69) is 19.2 Å². The normalized spacial score (nSPS) is 15.2. The van der Waals surface area contributed by atoms with Gasteiger partial charge in [-0.15, -0.1) is 0 Å². The van der Waals surface area contributed by atoms with Crippen LogP contribution in [0.3, 0.4) is 0 Å². The molecular weight excluding hydrogens is 282 g/mol. The standard InChI is InChI=1S/C14H22ClNO2S/c1-4-11(3)14(16-5-2)10-19(17,18)13-8-6-7-12(15)9-13/h6-9,11,14,16H,4-5,10H2,1-3H3. The Labute approximate surface area is 121 Å². The van der Waals surface area contributed by atoms with E-state index in [1.165, 1.54) is 6.07 Å². The van der Waals surface area contributed by atoms with E-state index in [4.69, 9.17) is 11.6 Å². The van der Waals surface area contributed by atoms with Crippen LogP contribution in [0.1, 0.15) is 27.2 Å². The Morgan fingerprint density at radius 1 is 1.32 bits per heavy atom. The molecule has 19 heavy (non-hydrogen) atoms. The van der Waals surface area contributed by atoms with Crippen LogP contribution < -0.4 is 5.32 Å². The van der Waals surface area contributed by atoms with Crippen molar-refractivity contribution >= 4 is 21.4 Å². The van der Waals surface area contributed by atoms with Crippen molar-refractivity contribution in [1.29, 1.82) is 0 Å². The molecule has 0 aliphatic rings. The first-order valence-electron chi connectivity index (χ1n) is 6.62. The third kappa shape index (κ3) is 4.79. The van der Waals surface area contributed by atoms with Gasteiger partial charge in [0.25, 0.3) is 0 Å².